The molecule has 0 aromatic heterocycles. The zero-order valence-corrected chi connectivity index (χ0v) is 26.3. The highest BCUT2D eigenvalue weighted by atomic mass is 28.4. The van der Waals surface area contributed by atoms with Crippen molar-refractivity contribution in [3.63, 3.8) is 0 Å². The predicted molar refractivity (Wildman–Crippen MR) is 154 cm³/mol. The molecule has 4 nitrogen and oxygen atoms in total. The standard InChI is InChI=1S/C30H44O4Si2/c1-19(2)29(5,6)35(9,10)33-24-18-17-23-25(27(32)22-16-14-13-15-21(22)26(23)31)28(24)34-36(11,12)30(7,8)20(3)4/h13-20H,1-12H3. The highest BCUT2D eigenvalue weighted by Gasteiger charge is 2.49. The summed E-state index contributed by atoms with van der Waals surface area (Å²) in [4.78, 5) is 27.4. The summed E-state index contributed by atoms with van der Waals surface area (Å²) in [6.45, 7) is 26.7. The number of hydrogen-bond donors (Lipinski definition) is 0. The van der Waals surface area contributed by atoms with Crippen LogP contribution in [0.2, 0.25) is 36.3 Å². The van der Waals surface area contributed by atoms with Crippen molar-refractivity contribution >= 4 is 28.2 Å². The average molecular weight is 525 g/mol. The molecule has 0 spiro atoms. The summed E-state index contributed by atoms with van der Waals surface area (Å²) in [5.74, 6) is 1.52. The molecular formula is C30H44O4Si2. The molecule has 0 saturated carbocycles. The first-order valence-electron chi connectivity index (χ1n) is 13.1. The summed E-state index contributed by atoms with van der Waals surface area (Å²) in [5.41, 5.74) is 1.63. The fourth-order valence-corrected chi connectivity index (χ4v) is 9.23. The fourth-order valence-electron chi connectivity index (χ4n) is 4.50. The minimum Gasteiger partial charge on any atom is -0.541 e. The molecule has 2 aromatic carbocycles. The molecule has 0 fully saturated rings. The van der Waals surface area contributed by atoms with Gasteiger partial charge in [-0.2, -0.15) is 0 Å². The van der Waals surface area contributed by atoms with Crippen molar-refractivity contribution in [3.05, 3.63) is 58.7 Å². The average Bonchev–Trinajstić information content (AvgIpc) is 2.77. The van der Waals surface area contributed by atoms with Crippen LogP contribution in [-0.4, -0.2) is 28.2 Å². The lowest BCUT2D eigenvalue weighted by Gasteiger charge is -2.45. The molecule has 0 saturated heterocycles. The molecule has 0 bridgehead atoms. The van der Waals surface area contributed by atoms with Crippen LogP contribution in [0.3, 0.4) is 0 Å². The number of carbonyl (C=O) groups is 2. The van der Waals surface area contributed by atoms with Gasteiger partial charge in [0.1, 0.15) is 5.75 Å². The second kappa shape index (κ2) is 9.28. The van der Waals surface area contributed by atoms with Crippen molar-refractivity contribution in [2.45, 2.75) is 91.7 Å². The van der Waals surface area contributed by atoms with Crippen LogP contribution >= 0.6 is 0 Å². The predicted octanol–water partition coefficient (Wildman–Crippen LogP) is 8.50. The van der Waals surface area contributed by atoms with E-state index in [1.807, 2.05) is 6.07 Å². The molecule has 196 valence electrons. The van der Waals surface area contributed by atoms with E-state index in [1.54, 1.807) is 30.3 Å². The third kappa shape index (κ3) is 4.51. The van der Waals surface area contributed by atoms with Crippen LogP contribution in [0.15, 0.2) is 36.4 Å². The first-order chi connectivity index (χ1) is 16.4. The maximum absolute atomic E-state index is 13.9. The monoisotopic (exact) mass is 524 g/mol. The SMILES string of the molecule is CC(C)C(C)(C)[Si](C)(C)Oc1ccc2c(c1O[Si](C)(C)C(C)(C)C(C)C)C(=O)c1ccccc1C2=O. The molecule has 0 heterocycles. The summed E-state index contributed by atoms with van der Waals surface area (Å²) < 4.78 is 13.9. The molecule has 36 heavy (non-hydrogen) atoms. The Morgan fingerprint density at radius 1 is 0.639 bits per heavy atom. The van der Waals surface area contributed by atoms with E-state index in [2.05, 4.69) is 81.6 Å². The van der Waals surface area contributed by atoms with Gasteiger partial charge in [0.05, 0.1) is 5.56 Å². The summed E-state index contributed by atoms with van der Waals surface area (Å²) in [6, 6.07) is 10.7. The first-order valence-corrected chi connectivity index (χ1v) is 18.9. The second-order valence-electron chi connectivity index (χ2n) is 13.0. The smallest absolute Gasteiger partial charge is 0.251 e. The van der Waals surface area contributed by atoms with E-state index in [1.165, 1.54) is 0 Å². The van der Waals surface area contributed by atoms with Gasteiger partial charge in [0.2, 0.25) is 0 Å². The van der Waals surface area contributed by atoms with Crippen LogP contribution in [-0.2, 0) is 0 Å². The maximum Gasteiger partial charge on any atom is 0.251 e. The number of fused-ring (bicyclic) bond motifs is 2. The van der Waals surface area contributed by atoms with E-state index in [9.17, 15) is 9.59 Å². The fraction of sp³-hybridized carbons (Fsp3) is 0.533. The van der Waals surface area contributed by atoms with Crippen LogP contribution < -0.4 is 8.85 Å². The van der Waals surface area contributed by atoms with E-state index in [4.69, 9.17) is 8.85 Å². The summed E-state index contributed by atoms with van der Waals surface area (Å²) in [6.07, 6.45) is 0. The third-order valence-electron chi connectivity index (χ3n) is 9.72. The molecule has 6 heteroatoms. The van der Waals surface area contributed by atoms with Gasteiger partial charge in [-0.1, -0.05) is 79.7 Å². The van der Waals surface area contributed by atoms with Gasteiger partial charge in [-0.25, -0.2) is 0 Å². The van der Waals surface area contributed by atoms with Crippen molar-refractivity contribution in [2.75, 3.05) is 0 Å². The van der Waals surface area contributed by atoms with Crippen molar-refractivity contribution in [1.82, 2.24) is 0 Å². The van der Waals surface area contributed by atoms with E-state index in [0.29, 0.717) is 45.6 Å². The van der Waals surface area contributed by atoms with Crippen LogP contribution in [0.4, 0.5) is 0 Å². The Kier molecular flexibility index (Phi) is 7.32. The van der Waals surface area contributed by atoms with Gasteiger partial charge >= 0.3 is 0 Å². The van der Waals surface area contributed by atoms with Gasteiger partial charge in [0.25, 0.3) is 16.6 Å². The first kappa shape index (κ1) is 28.4. The van der Waals surface area contributed by atoms with Crippen LogP contribution in [0.5, 0.6) is 11.5 Å². The molecule has 2 aromatic rings. The van der Waals surface area contributed by atoms with Crippen molar-refractivity contribution < 1.29 is 18.4 Å². The summed E-state index contributed by atoms with van der Waals surface area (Å²) in [7, 11) is -4.77. The minimum absolute atomic E-state index is 0.0310. The number of rotatable bonds is 8. The lowest BCUT2D eigenvalue weighted by atomic mass is 9.83. The van der Waals surface area contributed by atoms with E-state index < -0.39 is 16.6 Å². The molecule has 0 N–H and O–H groups in total. The Morgan fingerprint density at radius 3 is 1.56 bits per heavy atom. The van der Waals surface area contributed by atoms with Crippen molar-refractivity contribution in [3.8, 4) is 11.5 Å². The quantitative estimate of drug-likeness (QED) is 0.277. The normalized spacial score (nSPS) is 14.7. The molecule has 1 aliphatic rings. The molecule has 1 aliphatic carbocycles. The van der Waals surface area contributed by atoms with Crippen molar-refractivity contribution in [1.29, 1.82) is 0 Å². The van der Waals surface area contributed by atoms with Crippen molar-refractivity contribution in [2.24, 2.45) is 11.8 Å². The summed E-state index contributed by atoms with van der Waals surface area (Å²) >= 11 is 0. The number of hydrogen-bond acceptors (Lipinski definition) is 4. The van der Waals surface area contributed by atoms with Crippen LogP contribution in [0.25, 0.3) is 0 Å². The van der Waals surface area contributed by atoms with E-state index >= 15 is 0 Å². The number of ketones is 2. The Hall–Kier alpha value is -2.19. The number of carbonyl (C=O) groups excluding carboxylic acids is 2. The summed E-state index contributed by atoms with van der Waals surface area (Å²) in [5, 5.41) is -0.118. The lowest BCUT2D eigenvalue weighted by molar-refractivity contribution is 0.0977. The zero-order chi connectivity index (χ0) is 27.4. The van der Waals surface area contributed by atoms with Gasteiger partial charge in [0.15, 0.2) is 17.3 Å². The molecule has 0 atom stereocenters. The Balaban J connectivity index is 2.27. The maximum atomic E-state index is 13.9. The highest BCUT2D eigenvalue weighted by molar-refractivity contribution is 6.75. The second-order valence-corrected chi connectivity index (χ2v) is 22.0. The minimum atomic E-state index is -2.44. The van der Waals surface area contributed by atoms with Gasteiger partial charge in [-0.3, -0.25) is 9.59 Å². The van der Waals surface area contributed by atoms with Gasteiger partial charge in [-0.15, -0.1) is 0 Å². The van der Waals surface area contributed by atoms with Crippen LogP contribution in [0, 0.1) is 11.8 Å². The molecular weight excluding hydrogens is 480 g/mol. The van der Waals surface area contributed by atoms with Crippen LogP contribution in [0.1, 0.15) is 87.2 Å². The molecule has 0 amide bonds. The van der Waals surface area contributed by atoms with E-state index in [0.717, 1.165) is 0 Å². The molecule has 0 aliphatic heterocycles. The lowest BCUT2D eigenvalue weighted by Crippen LogP contribution is -2.50. The van der Waals surface area contributed by atoms with Gasteiger partial charge < -0.3 is 8.85 Å². The van der Waals surface area contributed by atoms with Gasteiger partial charge in [0, 0.05) is 16.7 Å². The molecule has 0 radical (unpaired) electrons. The van der Waals surface area contributed by atoms with E-state index in [-0.39, 0.29) is 21.6 Å². The zero-order valence-electron chi connectivity index (χ0n) is 24.3. The largest absolute Gasteiger partial charge is 0.541 e. The van der Waals surface area contributed by atoms with Gasteiger partial charge in [-0.05, 0) is 60.2 Å². The molecule has 0 unspecified atom stereocenters. The Bertz CT molecular complexity index is 1190. The molecule has 3 rings (SSSR count). The Morgan fingerprint density at radius 2 is 1.08 bits per heavy atom. The Labute approximate surface area is 220 Å². The number of benzene rings is 2. The third-order valence-corrected chi connectivity index (χ3v) is 18.5. The topological polar surface area (TPSA) is 52.6 Å². The highest BCUT2D eigenvalue weighted by Crippen LogP contribution is 2.51.